The quantitative estimate of drug-likeness (QED) is 0.242. The smallest absolute Gasteiger partial charge is 0.258 e. The molecule has 0 aliphatic heterocycles. The van der Waals surface area contributed by atoms with Gasteiger partial charge in [-0.1, -0.05) is 54.6 Å². The number of thioether (sulfide) groups is 1. The monoisotopic (exact) mass is 298 g/mol. The molecule has 0 bridgehead atoms. The van der Waals surface area contributed by atoms with Crippen molar-refractivity contribution in [1.82, 2.24) is 4.98 Å². The molecule has 1 aromatic heterocycles. The molecule has 19 heavy (non-hydrogen) atoms. The van der Waals surface area contributed by atoms with Gasteiger partial charge in [0.1, 0.15) is 0 Å². The molecule has 0 aliphatic rings. The second-order valence-corrected chi connectivity index (χ2v) is 5.16. The third-order valence-electron chi connectivity index (χ3n) is 2.14. The van der Waals surface area contributed by atoms with Crippen LogP contribution in [0.25, 0.3) is 0 Å². The SMILES string of the molecule is CC/C=C\C=C/CCSc1ncc(Cl)cc1[N+](=O)[O-]. The highest BCUT2D eigenvalue weighted by Crippen LogP contribution is 2.29. The molecule has 0 saturated heterocycles. The summed E-state index contributed by atoms with van der Waals surface area (Å²) in [5.41, 5.74) is -0.0349. The zero-order chi connectivity index (χ0) is 14.1. The van der Waals surface area contributed by atoms with Gasteiger partial charge in [0.15, 0.2) is 5.03 Å². The zero-order valence-electron chi connectivity index (χ0n) is 10.6. The summed E-state index contributed by atoms with van der Waals surface area (Å²) in [7, 11) is 0. The van der Waals surface area contributed by atoms with E-state index >= 15 is 0 Å². The summed E-state index contributed by atoms with van der Waals surface area (Å²) in [6.45, 7) is 2.07. The van der Waals surface area contributed by atoms with Crippen molar-refractivity contribution in [2.75, 3.05) is 5.75 Å². The first-order valence-electron chi connectivity index (χ1n) is 5.89. The van der Waals surface area contributed by atoms with E-state index in [1.165, 1.54) is 24.0 Å². The number of allylic oxidation sites excluding steroid dienone is 4. The van der Waals surface area contributed by atoms with Crippen molar-refractivity contribution in [2.45, 2.75) is 24.8 Å². The Balaban J connectivity index is 2.51. The number of hydrogen-bond acceptors (Lipinski definition) is 4. The molecule has 0 atom stereocenters. The lowest BCUT2D eigenvalue weighted by molar-refractivity contribution is -0.388. The minimum Gasteiger partial charge on any atom is -0.258 e. The van der Waals surface area contributed by atoms with Crippen molar-refractivity contribution < 1.29 is 4.92 Å². The fourth-order valence-electron chi connectivity index (χ4n) is 1.27. The molecule has 1 aromatic rings. The van der Waals surface area contributed by atoms with Crippen LogP contribution in [0.3, 0.4) is 0 Å². The summed E-state index contributed by atoms with van der Waals surface area (Å²) in [6, 6.07) is 1.33. The van der Waals surface area contributed by atoms with Gasteiger partial charge in [0, 0.05) is 18.0 Å². The Labute approximate surface area is 121 Å². The molecule has 1 heterocycles. The third kappa shape index (κ3) is 5.89. The molecule has 0 N–H and O–H groups in total. The highest BCUT2D eigenvalue weighted by Gasteiger charge is 2.15. The lowest BCUT2D eigenvalue weighted by atomic mass is 10.3. The number of nitro groups is 1. The summed E-state index contributed by atoms with van der Waals surface area (Å²) in [4.78, 5) is 14.4. The molecule has 4 nitrogen and oxygen atoms in total. The normalized spacial score (nSPS) is 11.5. The highest BCUT2D eigenvalue weighted by atomic mass is 35.5. The van der Waals surface area contributed by atoms with Crippen molar-refractivity contribution >= 4 is 29.1 Å². The van der Waals surface area contributed by atoms with Crippen molar-refractivity contribution in [3.63, 3.8) is 0 Å². The molecule has 0 aromatic carbocycles. The summed E-state index contributed by atoms with van der Waals surface area (Å²) in [5, 5.41) is 11.5. The van der Waals surface area contributed by atoms with Crippen LogP contribution in [0.15, 0.2) is 41.6 Å². The van der Waals surface area contributed by atoms with Gasteiger partial charge in [-0.2, -0.15) is 0 Å². The topological polar surface area (TPSA) is 56.0 Å². The van der Waals surface area contributed by atoms with Gasteiger partial charge in [0.25, 0.3) is 0 Å². The maximum Gasteiger partial charge on any atom is 0.302 e. The summed E-state index contributed by atoms with van der Waals surface area (Å²) in [6.07, 6.45) is 11.3. The van der Waals surface area contributed by atoms with Crippen LogP contribution >= 0.6 is 23.4 Å². The number of nitrogens with zero attached hydrogens (tertiary/aromatic N) is 2. The molecular formula is C13H15ClN2O2S. The molecule has 0 radical (unpaired) electrons. The molecule has 0 saturated carbocycles. The van der Waals surface area contributed by atoms with Crippen molar-refractivity contribution in [3.05, 3.63) is 51.7 Å². The average Bonchev–Trinajstić information content (AvgIpc) is 2.39. The lowest BCUT2D eigenvalue weighted by Crippen LogP contribution is -1.94. The first-order chi connectivity index (χ1) is 9.15. The van der Waals surface area contributed by atoms with Gasteiger partial charge in [0.2, 0.25) is 0 Å². The van der Waals surface area contributed by atoms with Crippen LogP contribution in [0, 0.1) is 10.1 Å². The summed E-state index contributed by atoms with van der Waals surface area (Å²) >= 11 is 7.06. The Morgan fingerprint density at radius 3 is 2.89 bits per heavy atom. The maximum absolute atomic E-state index is 10.9. The number of rotatable bonds is 7. The fourth-order valence-corrected chi connectivity index (χ4v) is 2.28. The molecular weight excluding hydrogens is 284 g/mol. The van der Waals surface area contributed by atoms with E-state index in [2.05, 4.69) is 18.0 Å². The number of hydrogen-bond donors (Lipinski definition) is 0. The molecule has 102 valence electrons. The number of aromatic nitrogens is 1. The van der Waals surface area contributed by atoms with Crippen LogP contribution in [0.2, 0.25) is 5.02 Å². The van der Waals surface area contributed by atoms with E-state index in [9.17, 15) is 10.1 Å². The third-order valence-corrected chi connectivity index (χ3v) is 3.37. The Morgan fingerprint density at radius 1 is 1.47 bits per heavy atom. The van der Waals surface area contributed by atoms with Crippen molar-refractivity contribution in [2.24, 2.45) is 0 Å². The number of halogens is 1. The predicted molar refractivity (Wildman–Crippen MR) is 79.8 cm³/mol. The molecule has 1 rings (SSSR count). The molecule has 0 aliphatic carbocycles. The minimum absolute atomic E-state index is 0.0349. The van der Waals surface area contributed by atoms with Crippen LogP contribution in [-0.2, 0) is 0 Å². The standard InChI is InChI=1S/C13H15ClN2O2S/c1-2-3-4-5-6-7-8-19-13-12(16(17)18)9-11(14)10-15-13/h3-6,9-10H,2,7-8H2,1H3/b4-3-,6-5-. The van der Waals surface area contributed by atoms with Crippen LogP contribution < -0.4 is 0 Å². The first kappa shape index (κ1) is 15.7. The molecule has 0 fully saturated rings. The molecule has 0 unspecified atom stereocenters. The van der Waals surface area contributed by atoms with E-state index in [1.54, 1.807) is 0 Å². The predicted octanol–water partition coefficient (Wildman–Crippen LogP) is 4.65. The summed E-state index contributed by atoms with van der Waals surface area (Å²) < 4.78 is 0. The van der Waals surface area contributed by atoms with E-state index in [1.807, 2.05) is 18.2 Å². The summed E-state index contributed by atoms with van der Waals surface area (Å²) in [5.74, 6) is 0.742. The Hall–Kier alpha value is -1.33. The Morgan fingerprint density at radius 2 is 2.21 bits per heavy atom. The van der Waals surface area contributed by atoms with Gasteiger partial charge < -0.3 is 0 Å². The van der Waals surface area contributed by atoms with Crippen LogP contribution in [0.5, 0.6) is 0 Å². The van der Waals surface area contributed by atoms with E-state index in [0.29, 0.717) is 5.03 Å². The zero-order valence-corrected chi connectivity index (χ0v) is 12.2. The first-order valence-corrected chi connectivity index (χ1v) is 7.26. The molecule has 0 amide bonds. The maximum atomic E-state index is 10.9. The van der Waals surface area contributed by atoms with Gasteiger partial charge in [-0.25, -0.2) is 4.98 Å². The van der Waals surface area contributed by atoms with Gasteiger partial charge in [-0.15, -0.1) is 0 Å². The van der Waals surface area contributed by atoms with Gasteiger partial charge in [-0.3, -0.25) is 10.1 Å². The van der Waals surface area contributed by atoms with Crippen molar-refractivity contribution in [3.8, 4) is 0 Å². The molecule has 6 heteroatoms. The minimum atomic E-state index is -0.457. The van der Waals surface area contributed by atoms with Crippen LogP contribution in [-0.4, -0.2) is 15.7 Å². The van der Waals surface area contributed by atoms with Gasteiger partial charge in [0.05, 0.1) is 9.95 Å². The highest BCUT2D eigenvalue weighted by molar-refractivity contribution is 7.99. The van der Waals surface area contributed by atoms with E-state index in [4.69, 9.17) is 11.6 Å². The van der Waals surface area contributed by atoms with Gasteiger partial charge in [-0.05, 0) is 12.8 Å². The van der Waals surface area contributed by atoms with E-state index in [-0.39, 0.29) is 10.7 Å². The second-order valence-electron chi connectivity index (χ2n) is 3.64. The van der Waals surface area contributed by atoms with Crippen LogP contribution in [0.4, 0.5) is 5.69 Å². The lowest BCUT2D eigenvalue weighted by Gasteiger charge is -2.00. The Bertz CT molecular complexity index is 490. The second kappa shape index (κ2) is 8.72. The van der Waals surface area contributed by atoms with Gasteiger partial charge >= 0.3 is 5.69 Å². The fraction of sp³-hybridized carbons (Fsp3) is 0.308. The van der Waals surface area contributed by atoms with Crippen molar-refractivity contribution in [1.29, 1.82) is 0 Å². The van der Waals surface area contributed by atoms with Crippen LogP contribution in [0.1, 0.15) is 19.8 Å². The van der Waals surface area contributed by atoms with E-state index < -0.39 is 4.92 Å². The number of pyridine rings is 1. The van der Waals surface area contributed by atoms with E-state index in [0.717, 1.165) is 18.6 Å². The Kier molecular flexibility index (Phi) is 7.22. The average molecular weight is 299 g/mol. The molecule has 0 spiro atoms. The largest absolute Gasteiger partial charge is 0.302 e.